The zero-order valence-electron chi connectivity index (χ0n) is 12.0. The highest BCUT2D eigenvalue weighted by Gasteiger charge is 2.32. The molecule has 1 amide bonds. The lowest BCUT2D eigenvalue weighted by molar-refractivity contribution is -0.120. The average molecular weight is 311 g/mol. The maximum atomic E-state index is 12.3. The Morgan fingerprint density at radius 3 is 2.71 bits per heavy atom. The summed E-state index contributed by atoms with van der Waals surface area (Å²) in [4.78, 5) is 12.4. The normalized spacial score (nSPS) is 22.2. The Morgan fingerprint density at radius 2 is 2.10 bits per heavy atom. The molecule has 116 valence electrons. The van der Waals surface area contributed by atoms with Crippen molar-refractivity contribution in [3.63, 3.8) is 0 Å². The van der Waals surface area contributed by atoms with Gasteiger partial charge in [0.2, 0.25) is 15.9 Å². The second-order valence-corrected chi connectivity index (χ2v) is 7.03. The molecule has 21 heavy (non-hydrogen) atoms. The van der Waals surface area contributed by atoms with Crippen molar-refractivity contribution in [3.05, 3.63) is 23.8 Å². The van der Waals surface area contributed by atoms with Gasteiger partial charge in [-0.3, -0.25) is 4.79 Å². The van der Waals surface area contributed by atoms with Crippen molar-refractivity contribution >= 4 is 21.6 Å². The number of carbonyl (C=O) groups is 1. The van der Waals surface area contributed by atoms with Gasteiger partial charge >= 0.3 is 0 Å². The number of sulfonamides is 1. The zero-order chi connectivity index (χ0) is 15.6. The van der Waals surface area contributed by atoms with Gasteiger partial charge in [0.15, 0.2) is 0 Å². The van der Waals surface area contributed by atoms with Gasteiger partial charge in [0.1, 0.15) is 0 Å². The van der Waals surface area contributed by atoms with Crippen LogP contribution in [0.4, 0.5) is 5.69 Å². The second-order valence-electron chi connectivity index (χ2n) is 5.50. The largest absolute Gasteiger partial charge is 0.330 e. The van der Waals surface area contributed by atoms with Crippen LogP contribution in [0.25, 0.3) is 0 Å². The molecule has 1 fully saturated rings. The number of nitrogens with two attached hydrogens (primary N) is 2. The predicted octanol–water partition coefficient (Wildman–Crippen LogP) is 0.956. The number of rotatable bonds is 4. The van der Waals surface area contributed by atoms with Gasteiger partial charge < -0.3 is 11.1 Å². The number of amides is 1. The van der Waals surface area contributed by atoms with Crippen LogP contribution in [0.3, 0.4) is 0 Å². The summed E-state index contributed by atoms with van der Waals surface area (Å²) in [5.41, 5.74) is 6.63. The topological polar surface area (TPSA) is 115 Å². The summed E-state index contributed by atoms with van der Waals surface area (Å²) in [6.07, 6.45) is 2.78. The van der Waals surface area contributed by atoms with Crippen molar-refractivity contribution in [3.8, 4) is 0 Å². The van der Waals surface area contributed by atoms with E-state index in [1.54, 1.807) is 19.1 Å². The standard InChI is InChI=1S/C14H21N3O3S/c1-9-12(6-3-7-13(9)21(16,19)20)17-14(18)11-5-2-4-10(11)8-15/h3,6-7,10-11H,2,4-5,8,15H2,1H3,(H,17,18)(H2,16,19,20). The van der Waals surface area contributed by atoms with Crippen LogP contribution in [0.1, 0.15) is 24.8 Å². The van der Waals surface area contributed by atoms with Gasteiger partial charge in [0.05, 0.1) is 4.90 Å². The van der Waals surface area contributed by atoms with Crippen LogP contribution < -0.4 is 16.2 Å². The summed E-state index contributed by atoms with van der Waals surface area (Å²) in [6.45, 7) is 2.12. The molecule has 2 unspecified atom stereocenters. The van der Waals surface area contributed by atoms with Gasteiger partial charge in [-0.1, -0.05) is 12.5 Å². The summed E-state index contributed by atoms with van der Waals surface area (Å²) in [7, 11) is -3.80. The first-order valence-electron chi connectivity index (χ1n) is 6.98. The first-order chi connectivity index (χ1) is 9.84. The number of anilines is 1. The molecular weight excluding hydrogens is 290 g/mol. The van der Waals surface area contributed by atoms with E-state index in [2.05, 4.69) is 5.32 Å². The lowest BCUT2D eigenvalue weighted by atomic mass is 9.95. The molecule has 2 atom stereocenters. The van der Waals surface area contributed by atoms with E-state index >= 15 is 0 Å². The number of benzene rings is 1. The lowest BCUT2D eigenvalue weighted by Gasteiger charge is -2.18. The third kappa shape index (κ3) is 3.42. The molecule has 0 heterocycles. The number of nitrogens with one attached hydrogen (secondary N) is 1. The van der Waals surface area contributed by atoms with Gasteiger partial charge in [-0.2, -0.15) is 0 Å². The Kier molecular flexibility index (Phi) is 4.65. The highest BCUT2D eigenvalue weighted by atomic mass is 32.2. The molecular formula is C14H21N3O3S. The molecule has 0 aliphatic heterocycles. The Morgan fingerprint density at radius 1 is 1.38 bits per heavy atom. The van der Waals surface area contributed by atoms with Gasteiger partial charge in [0, 0.05) is 11.6 Å². The van der Waals surface area contributed by atoms with Crippen LogP contribution in [0.2, 0.25) is 0 Å². The first kappa shape index (κ1) is 15.9. The minimum Gasteiger partial charge on any atom is -0.330 e. The summed E-state index contributed by atoms with van der Waals surface area (Å²) >= 11 is 0. The average Bonchev–Trinajstić information content (AvgIpc) is 2.88. The van der Waals surface area contributed by atoms with E-state index in [0.717, 1.165) is 19.3 Å². The molecule has 2 rings (SSSR count). The molecule has 5 N–H and O–H groups in total. The molecule has 1 aromatic carbocycles. The first-order valence-corrected chi connectivity index (χ1v) is 8.52. The van der Waals surface area contributed by atoms with Crippen LogP contribution >= 0.6 is 0 Å². The van der Waals surface area contributed by atoms with E-state index in [0.29, 0.717) is 17.8 Å². The fourth-order valence-corrected chi connectivity index (χ4v) is 3.75. The van der Waals surface area contributed by atoms with Crippen LogP contribution in [0.5, 0.6) is 0 Å². The van der Waals surface area contributed by atoms with Crippen LogP contribution in [0, 0.1) is 18.8 Å². The molecule has 1 saturated carbocycles. The van der Waals surface area contributed by atoms with E-state index in [4.69, 9.17) is 10.9 Å². The van der Waals surface area contributed by atoms with E-state index in [1.165, 1.54) is 6.07 Å². The number of primary sulfonamides is 1. The van der Waals surface area contributed by atoms with E-state index in [9.17, 15) is 13.2 Å². The lowest BCUT2D eigenvalue weighted by Crippen LogP contribution is -2.30. The van der Waals surface area contributed by atoms with Gasteiger partial charge in [-0.15, -0.1) is 0 Å². The van der Waals surface area contributed by atoms with Crippen LogP contribution in [-0.2, 0) is 14.8 Å². The molecule has 1 aliphatic carbocycles. The SMILES string of the molecule is Cc1c(NC(=O)C2CCCC2CN)cccc1S(N)(=O)=O. The van der Waals surface area contributed by atoms with Crippen molar-refractivity contribution in [2.45, 2.75) is 31.1 Å². The molecule has 6 nitrogen and oxygen atoms in total. The van der Waals surface area contributed by atoms with Crippen molar-refractivity contribution in [1.29, 1.82) is 0 Å². The van der Waals surface area contributed by atoms with Crippen molar-refractivity contribution in [1.82, 2.24) is 0 Å². The number of carbonyl (C=O) groups excluding carboxylic acids is 1. The number of hydrogen-bond donors (Lipinski definition) is 3. The van der Waals surface area contributed by atoms with E-state index < -0.39 is 10.0 Å². The van der Waals surface area contributed by atoms with Crippen molar-refractivity contribution in [2.24, 2.45) is 22.7 Å². The summed E-state index contributed by atoms with van der Waals surface area (Å²) in [5.74, 6) is -0.00288. The molecule has 7 heteroatoms. The zero-order valence-corrected chi connectivity index (χ0v) is 12.8. The smallest absolute Gasteiger partial charge is 0.238 e. The molecule has 1 aromatic rings. The molecule has 1 aliphatic rings. The van der Waals surface area contributed by atoms with Gasteiger partial charge in [0.25, 0.3) is 0 Å². The van der Waals surface area contributed by atoms with Crippen LogP contribution in [0.15, 0.2) is 23.1 Å². The summed E-state index contributed by atoms with van der Waals surface area (Å²) < 4.78 is 23.0. The quantitative estimate of drug-likeness (QED) is 0.768. The molecule has 0 bridgehead atoms. The maximum Gasteiger partial charge on any atom is 0.238 e. The van der Waals surface area contributed by atoms with Gasteiger partial charge in [-0.05, 0) is 49.9 Å². The summed E-state index contributed by atoms with van der Waals surface area (Å²) in [6, 6.07) is 4.67. The third-order valence-corrected chi connectivity index (χ3v) is 5.20. The Bertz CT molecular complexity index is 643. The van der Waals surface area contributed by atoms with E-state index in [1.807, 2.05) is 0 Å². The Hall–Kier alpha value is -1.44. The fourth-order valence-electron chi connectivity index (χ4n) is 2.95. The molecule has 0 spiro atoms. The highest BCUT2D eigenvalue weighted by Crippen LogP contribution is 2.32. The van der Waals surface area contributed by atoms with Gasteiger partial charge in [-0.25, -0.2) is 13.6 Å². The van der Waals surface area contributed by atoms with Crippen LogP contribution in [-0.4, -0.2) is 20.9 Å². The predicted molar refractivity (Wildman–Crippen MR) is 81.1 cm³/mol. The van der Waals surface area contributed by atoms with E-state index in [-0.39, 0.29) is 22.6 Å². The molecule has 0 radical (unpaired) electrons. The minimum absolute atomic E-state index is 0.0297. The van der Waals surface area contributed by atoms with Crippen molar-refractivity contribution < 1.29 is 13.2 Å². The minimum atomic E-state index is -3.80. The fraction of sp³-hybridized carbons (Fsp3) is 0.500. The monoisotopic (exact) mass is 311 g/mol. The summed E-state index contributed by atoms with van der Waals surface area (Å²) in [5, 5.41) is 7.98. The second kappa shape index (κ2) is 6.13. The third-order valence-electron chi connectivity index (χ3n) is 4.15. The Labute approximate surface area is 124 Å². The Balaban J connectivity index is 2.22. The maximum absolute atomic E-state index is 12.3. The number of hydrogen-bond acceptors (Lipinski definition) is 4. The highest BCUT2D eigenvalue weighted by molar-refractivity contribution is 7.89. The van der Waals surface area contributed by atoms with Crippen molar-refractivity contribution in [2.75, 3.05) is 11.9 Å². The molecule has 0 aromatic heterocycles. The molecule has 0 saturated heterocycles.